The first kappa shape index (κ1) is 7.27. The molecule has 0 bridgehead atoms. The molecule has 56 valence electrons. The fraction of sp³-hybridized carbons (Fsp3) is 0.600. The summed E-state index contributed by atoms with van der Waals surface area (Å²) in [5, 5.41) is 11.8. The Morgan fingerprint density at radius 2 is 2.40 bits per heavy atom. The molecular formula is C5H9N3OS. The van der Waals surface area contributed by atoms with Gasteiger partial charge < -0.3 is 10.1 Å². The third-order valence-electron chi connectivity index (χ3n) is 0.888. The Balaban J connectivity index is 2.59. The molecule has 5 heteroatoms. The Morgan fingerprint density at radius 3 is 2.90 bits per heavy atom. The molecule has 0 saturated heterocycles. The molecule has 0 radical (unpaired) electrons. The van der Waals surface area contributed by atoms with E-state index in [2.05, 4.69) is 15.5 Å². The standard InChI is InChI=1S/C5H9N3OS/c1-3-9-5-8-7-4(6-2)10-5/h3H2,1-2H3,(H,6,7). The summed E-state index contributed by atoms with van der Waals surface area (Å²) in [6.45, 7) is 2.55. The molecule has 1 aromatic heterocycles. The second-order valence-electron chi connectivity index (χ2n) is 1.56. The lowest BCUT2D eigenvalue weighted by atomic mass is 10.9. The largest absolute Gasteiger partial charge is 0.469 e. The van der Waals surface area contributed by atoms with Gasteiger partial charge in [-0.1, -0.05) is 5.10 Å². The second kappa shape index (κ2) is 3.36. The van der Waals surface area contributed by atoms with Gasteiger partial charge >= 0.3 is 0 Å². The molecule has 0 aliphatic carbocycles. The molecule has 1 N–H and O–H groups in total. The lowest BCUT2D eigenvalue weighted by Gasteiger charge is -1.91. The van der Waals surface area contributed by atoms with Gasteiger partial charge in [0.05, 0.1) is 6.61 Å². The Bertz CT molecular complexity index is 201. The van der Waals surface area contributed by atoms with Crippen molar-refractivity contribution in [2.45, 2.75) is 6.92 Å². The molecule has 1 heterocycles. The van der Waals surface area contributed by atoms with Crippen LogP contribution < -0.4 is 10.1 Å². The van der Waals surface area contributed by atoms with Crippen LogP contribution in [0.3, 0.4) is 0 Å². The monoisotopic (exact) mass is 159 g/mol. The summed E-state index contributed by atoms with van der Waals surface area (Å²) in [5.41, 5.74) is 0. The smallest absolute Gasteiger partial charge is 0.295 e. The quantitative estimate of drug-likeness (QED) is 0.714. The third kappa shape index (κ3) is 1.57. The highest BCUT2D eigenvalue weighted by Gasteiger charge is 2.00. The molecule has 4 nitrogen and oxygen atoms in total. The number of nitrogens with zero attached hydrogens (tertiary/aromatic N) is 2. The zero-order chi connectivity index (χ0) is 7.40. The topological polar surface area (TPSA) is 47.0 Å². The van der Waals surface area contributed by atoms with Crippen LogP contribution >= 0.6 is 11.3 Å². The van der Waals surface area contributed by atoms with Crippen LogP contribution in [0.4, 0.5) is 5.13 Å². The Morgan fingerprint density at radius 1 is 1.60 bits per heavy atom. The molecule has 10 heavy (non-hydrogen) atoms. The van der Waals surface area contributed by atoms with E-state index in [0.29, 0.717) is 11.8 Å². The lowest BCUT2D eigenvalue weighted by Crippen LogP contribution is -1.89. The molecule has 0 aliphatic rings. The van der Waals surface area contributed by atoms with Gasteiger partial charge in [0, 0.05) is 7.05 Å². The predicted octanol–water partition coefficient (Wildman–Crippen LogP) is 0.978. The summed E-state index contributed by atoms with van der Waals surface area (Å²) < 4.78 is 5.09. The summed E-state index contributed by atoms with van der Waals surface area (Å²) in [6.07, 6.45) is 0. The molecule has 0 unspecified atom stereocenters. The SMILES string of the molecule is CCOc1nnc(NC)s1. The molecule has 0 aliphatic heterocycles. The third-order valence-corrected chi connectivity index (χ3v) is 1.74. The van der Waals surface area contributed by atoms with Gasteiger partial charge in [-0.2, -0.15) is 0 Å². The summed E-state index contributed by atoms with van der Waals surface area (Å²) in [7, 11) is 1.80. The van der Waals surface area contributed by atoms with Crippen molar-refractivity contribution in [3.63, 3.8) is 0 Å². The molecule has 0 fully saturated rings. The molecule has 1 aromatic rings. The molecule has 0 amide bonds. The maximum absolute atomic E-state index is 5.09. The van der Waals surface area contributed by atoms with E-state index in [-0.39, 0.29) is 0 Å². The Labute approximate surface area is 63.2 Å². The summed E-state index contributed by atoms with van der Waals surface area (Å²) in [6, 6.07) is 0. The maximum Gasteiger partial charge on any atom is 0.295 e. The second-order valence-corrected chi connectivity index (χ2v) is 2.50. The van der Waals surface area contributed by atoms with Crippen LogP contribution in [-0.4, -0.2) is 23.9 Å². The molecule has 0 saturated carbocycles. The fourth-order valence-electron chi connectivity index (χ4n) is 0.493. The van der Waals surface area contributed by atoms with Gasteiger partial charge in [0.1, 0.15) is 0 Å². The van der Waals surface area contributed by atoms with Crippen molar-refractivity contribution in [2.24, 2.45) is 0 Å². The van der Waals surface area contributed by atoms with Gasteiger partial charge in [0.2, 0.25) is 5.13 Å². The number of hydrogen-bond acceptors (Lipinski definition) is 5. The van der Waals surface area contributed by atoms with E-state index < -0.39 is 0 Å². The highest BCUT2D eigenvalue weighted by atomic mass is 32.1. The van der Waals surface area contributed by atoms with Crippen LogP contribution in [0.1, 0.15) is 6.92 Å². The van der Waals surface area contributed by atoms with Crippen LogP contribution in [0, 0.1) is 0 Å². The lowest BCUT2D eigenvalue weighted by molar-refractivity contribution is 0.335. The van der Waals surface area contributed by atoms with Gasteiger partial charge in [-0.3, -0.25) is 0 Å². The van der Waals surface area contributed by atoms with Crippen molar-refractivity contribution in [1.82, 2.24) is 10.2 Å². The van der Waals surface area contributed by atoms with Crippen LogP contribution in [0.2, 0.25) is 0 Å². The molecule has 0 aromatic carbocycles. The maximum atomic E-state index is 5.09. The van der Waals surface area contributed by atoms with Crippen LogP contribution in [0.5, 0.6) is 5.19 Å². The predicted molar refractivity (Wildman–Crippen MR) is 40.6 cm³/mol. The average Bonchev–Trinajstić information content (AvgIpc) is 2.37. The summed E-state index contributed by atoms with van der Waals surface area (Å²) in [5.74, 6) is 0. The first-order valence-electron chi connectivity index (χ1n) is 3.01. The zero-order valence-electron chi connectivity index (χ0n) is 5.92. The normalized spacial score (nSPS) is 9.40. The summed E-state index contributed by atoms with van der Waals surface area (Å²) >= 11 is 1.40. The number of ether oxygens (including phenoxy) is 1. The number of anilines is 1. The van der Waals surface area contributed by atoms with Crippen molar-refractivity contribution >= 4 is 16.5 Å². The van der Waals surface area contributed by atoms with E-state index in [1.165, 1.54) is 11.3 Å². The highest BCUT2D eigenvalue weighted by molar-refractivity contribution is 7.16. The van der Waals surface area contributed by atoms with E-state index in [1.807, 2.05) is 6.92 Å². The number of rotatable bonds is 3. The van der Waals surface area contributed by atoms with Crippen molar-refractivity contribution in [3.8, 4) is 5.19 Å². The minimum absolute atomic E-state index is 0.617. The Kier molecular flexibility index (Phi) is 2.44. The summed E-state index contributed by atoms with van der Waals surface area (Å²) in [4.78, 5) is 0. The van der Waals surface area contributed by atoms with Gasteiger partial charge in [-0.05, 0) is 18.3 Å². The van der Waals surface area contributed by atoms with Crippen molar-refractivity contribution < 1.29 is 4.74 Å². The van der Waals surface area contributed by atoms with Crippen LogP contribution in [0.15, 0.2) is 0 Å². The van der Waals surface area contributed by atoms with E-state index in [1.54, 1.807) is 7.05 Å². The van der Waals surface area contributed by atoms with Crippen LogP contribution in [-0.2, 0) is 0 Å². The molecule has 0 spiro atoms. The van der Waals surface area contributed by atoms with Gasteiger partial charge in [0.25, 0.3) is 5.19 Å². The first-order chi connectivity index (χ1) is 4.86. The molecule has 1 rings (SSSR count). The zero-order valence-corrected chi connectivity index (χ0v) is 6.73. The number of nitrogens with one attached hydrogen (secondary N) is 1. The minimum atomic E-state index is 0.617. The van der Waals surface area contributed by atoms with Crippen molar-refractivity contribution in [3.05, 3.63) is 0 Å². The number of aromatic nitrogens is 2. The van der Waals surface area contributed by atoms with Gasteiger partial charge in [-0.15, -0.1) is 5.10 Å². The first-order valence-corrected chi connectivity index (χ1v) is 3.82. The molecule has 0 atom stereocenters. The van der Waals surface area contributed by atoms with Crippen molar-refractivity contribution in [1.29, 1.82) is 0 Å². The van der Waals surface area contributed by atoms with E-state index >= 15 is 0 Å². The van der Waals surface area contributed by atoms with E-state index in [9.17, 15) is 0 Å². The van der Waals surface area contributed by atoms with E-state index in [0.717, 1.165) is 5.13 Å². The molecular weight excluding hydrogens is 150 g/mol. The highest BCUT2D eigenvalue weighted by Crippen LogP contribution is 2.20. The van der Waals surface area contributed by atoms with Gasteiger partial charge in [-0.25, -0.2) is 0 Å². The van der Waals surface area contributed by atoms with Gasteiger partial charge in [0.15, 0.2) is 0 Å². The Hall–Kier alpha value is -0.840. The fourth-order valence-corrected chi connectivity index (χ4v) is 1.10. The average molecular weight is 159 g/mol. The number of hydrogen-bond donors (Lipinski definition) is 1. The minimum Gasteiger partial charge on any atom is -0.469 e. The van der Waals surface area contributed by atoms with E-state index in [4.69, 9.17) is 4.74 Å². The van der Waals surface area contributed by atoms with Crippen LogP contribution in [0.25, 0.3) is 0 Å². The van der Waals surface area contributed by atoms with Crippen molar-refractivity contribution in [2.75, 3.05) is 19.0 Å².